The van der Waals surface area contributed by atoms with Gasteiger partial charge in [-0.15, -0.1) is 0 Å². The summed E-state index contributed by atoms with van der Waals surface area (Å²) in [6.07, 6.45) is 0. The molecule has 1 aliphatic rings. The Hall–Kier alpha value is -2.78. The summed E-state index contributed by atoms with van der Waals surface area (Å²) in [5.41, 5.74) is 4.92. The summed E-state index contributed by atoms with van der Waals surface area (Å²) in [6.45, 7) is 4.37. The summed E-state index contributed by atoms with van der Waals surface area (Å²) in [5.74, 6) is 0.497. The van der Waals surface area contributed by atoms with Crippen molar-refractivity contribution < 1.29 is 4.79 Å². The molecule has 2 nitrogen and oxygen atoms in total. The van der Waals surface area contributed by atoms with Gasteiger partial charge in [0.05, 0.1) is 16.3 Å². The van der Waals surface area contributed by atoms with Gasteiger partial charge in [-0.2, -0.15) is 0 Å². The predicted molar refractivity (Wildman–Crippen MR) is 114 cm³/mol. The number of hydrogen-bond acceptors (Lipinski definition) is 3. The third-order valence-electron chi connectivity index (χ3n) is 4.68. The first-order valence-electron chi connectivity index (χ1n) is 9.12. The smallest absolute Gasteiger partial charge is 0.201 e. The predicted octanol–water partition coefficient (Wildman–Crippen LogP) is 6.58. The van der Waals surface area contributed by atoms with Crippen LogP contribution in [0.25, 0.3) is 5.70 Å². The number of Topliss-reactive ketones (excluding diaryl/α,β-unsaturated/α-hetero) is 1. The molecule has 0 saturated heterocycles. The van der Waals surface area contributed by atoms with Crippen LogP contribution in [0.1, 0.15) is 41.3 Å². The van der Waals surface area contributed by atoms with E-state index in [2.05, 4.69) is 37.4 Å². The van der Waals surface area contributed by atoms with Gasteiger partial charge in [-0.1, -0.05) is 92.3 Å². The van der Waals surface area contributed by atoms with Crippen LogP contribution in [0.4, 0.5) is 5.69 Å². The van der Waals surface area contributed by atoms with Gasteiger partial charge >= 0.3 is 0 Å². The molecule has 0 fully saturated rings. The third-order valence-corrected chi connectivity index (χ3v) is 5.83. The topological polar surface area (TPSA) is 29.1 Å². The minimum Gasteiger partial charge on any atom is -0.353 e. The lowest BCUT2D eigenvalue weighted by Crippen LogP contribution is -2.13. The number of nitrogens with one attached hydrogen (secondary N) is 1. The molecule has 1 N–H and O–H groups in total. The first-order valence-corrected chi connectivity index (χ1v) is 9.93. The average Bonchev–Trinajstić information content (AvgIpc) is 2.73. The molecule has 0 spiro atoms. The van der Waals surface area contributed by atoms with Crippen molar-refractivity contribution in [3.63, 3.8) is 0 Å². The van der Waals surface area contributed by atoms with Crippen LogP contribution in [-0.4, -0.2) is 5.78 Å². The van der Waals surface area contributed by atoms with E-state index < -0.39 is 0 Å². The molecule has 3 aromatic carbocycles. The molecule has 0 amide bonds. The largest absolute Gasteiger partial charge is 0.353 e. The molecule has 0 aromatic heterocycles. The van der Waals surface area contributed by atoms with Crippen molar-refractivity contribution in [2.75, 3.05) is 5.32 Å². The number of anilines is 1. The summed E-state index contributed by atoms with van der Waals surface area (Å²) in [4.78, 5) is 15.1. The number of benzene rings is 3. The number of fused-ring (bicyclic) bond motifs is 1. The van der Waals surface area contributed by atoms with Gasteiger partial charge < -0.3 is 5.32 Å². The molecule has 3 heteroatoms. The van der Waals surface area contributed by atoms with Gasteiger partial charge in [0.15, 0.2) is 0 Å². The summed E-state index contributed by atoms with van der Waals surface area (Å²) in [6, 6.07) is 26.0. The monoisotopic (exact) mass is 371 g/mol. The van der Waals surface area contributed by atoms with E-state index in [9.17, 15) is 4.79 Å². The Labute approximate surface area is 164 Å². The average molecular weight is 372 g/mol. The molecule has 0 radical (unpaired) electrons. The standard InChI is InChI=1S/C24H21NOS/c1-16(2)19-13-14-20-21(15-19)27-24(23(26)18-11-7-4-8-12-18)22(25-20)17-9-5-3-6-10-17/h3-16,25H,1-2H3. The molecule has 4 rings (SSSR count). The second-order valence-corrected chi connectivity index (χ2v) is 7.95. The minimum absolute atomic E-state index is 0.0487. The molecule has 1 heterocycles. The highest BCUT2D eigenvalue weighted by molar-refractivity contribution is 8.04. The van der Waals surface area contributed by atoms with Gasteiger partial charge in [-0.25, -0.2) is 0 Å². The summed E-state index contributed by atoms with van der Waals surface area (Å²) in [5, 5.41) is 3.52. The van der Waals surface area contributed by atoms with Crippen LogP contribution >= 0.6 is 11.8 Å². The number of hydrogen-bond donors (Lipinski definition) is 1. The quantitative estimate of drug-likeness (QED) is 0.525. The van der Waals surface area contributed by atoms with Crippen molar-refractivity contribution in [1.29, 1.82) is 0 Å². The Kier molecular flexibility index (Phi) is 4.87. The van der Waals surface area contributed by atoms with Crippen molar-refractivity contribution in [2.45, 2.75) is 24.7 Å². The molecule has 0 bridgehead atoms. The van der Waals surface area contributed by atoms with Gasteiger partial charge in [-0.05, 0) is 29.2 Å². The fraction of sp³-hybridized carbons (Fsp3) is 0.125. The number of rotatable bonds is 4. The van der Waals surface area contributed by atoms with Crippen molar-refractivity contribution in [2.24, 2.45) is 0 Å². The highest BCUT2D eigenvalue weighted by Crippen LogP contribution is 2.44. The highest BCUT2D eigenvalue weighted by atomic mass is 32.2. The van der Waals surface area contributed by atoms with Crippen LogP contribution in [0, 0.1) is 0 Å². The van der Waals surface area contributed by atoms with Crippen LogP contribution in [0.15, 0.2) is 88.7 Å². The van der Waals surface area contributed by atoms with Gasteiger partial charge in [-0.3, -0.25) is 4.79 Å². The van der Waals surface area contributed by atoms with Crippen LogP contribution in [0.2, 0.25) is 0 Å². The maximum Gasteiger partial charge on any atom is 0.201 e. The number of allylic oxidation sites excluding steroid dienone is 1. The molecule has 0 aliphatic carbocycles. The van der Waals surface area contributed by atoms with Crippen molar-refractivity contribution in [1.82, 2.24) is 0 Å². The first kappa shape index (κ1) is 17.6. The van der Waals surface area contributed by atoms with E-state index in [1.54, 1.807) is 11.8 Å². The second-order valence-electron chi connectivity index (χ2n) is 6.90. The molecule has 134 valence electrons. The Balaban J connectivity index is 1.83. The number of carbonyl (C=O) groups is 1. The number of ketones is 1. The summed E-state index contributed by atoms with van der Waals surface area (Å²) in [7, 11) is 0. The van der Waals surface area contributed by atoms with E-state index in [1.807, 2.05) is 60.7 Å². The summed E-state index contributed by atoms with van der Waals surface area (Å²) >= 11 is 1.56. The van der Waals surface area contributed by atoms with E-state index >= 15 is 0 Å². The van der Waals surface area contributed by atoms with Gasteiger partial charge in [0.1, 0.15) is 0 Å². The third kappa shape index (κ3) is 3.56. The van der Waals surface area contributed by atoms with Gasteiger partial charge in [0.2, 0.25) is 5.78 Å². The Bertz CT molecular complexity index is 1010. The lowest BCUT2D eigenvalue weighted by molar-refractivity contribution is 0.104. The molecule has 0 atom stereocenters. The second kappa shape index (κ2) is 7.45. The molecule has 0 unspecified atom stereocenters. The van der Waals surface area contributed by atoms with Gasteiger partial charge in [0.25, 0.3) is 0 Å². The van der Waals surface area contributed by atoms with Crippen LogP contribution in [0.3, 0.4) is 0 Å². The Morgan fingerprint density at radius 1 is 0.889 bits per heavy atom. The van der Waals surface area contributed by atoms with Crippen LogP contribution < -0.4 is 5.32 Å². The highest BCUT2D eigenvalue weighted by Gasteiger charge is 2.26. The number of thioether (sulfide) groups is 1. The van der Waals surface area contributed by atoms with Crippen LogP contribution in [0.5, 0.6) is 0 Å². The van der Waals surface area contributed by atoms with Crippen molar-refractivity contribution in [3.05, 3.63) is 100 Å². The zero-order valence-electron chi connectivity index (χ0n) is 15.4. The fourth-order valence-electron chi connectivity index (χ4n) is 3.13. The van der Waals surface area contributed by atoms with E-state index in [-0.39, 0.29) is 5.78 Å². The normalized spacial score (nSPS) is 13.3. The fourth-order valence-corrected chi connectivity index (χ4v) is 4.25. The SMILES string of the molecule is CC(C)c1ccc2c(c1)SC(C(=O)c1ccccc1)=C(c1ccccc1)N2. The van der Waals surface area contributed by atoms with Crippen molar-refractivity contribution in [3.8, 4) is 0 Å². The lowest BCUT2D eigenvalue weighted by atomic mass is 10.0. The first-order chi connectivity index (χ1) is 13.1. The van der Waals surface area contributed by atoms with Crippen LogP contribution in [-0.2, 0) is 0 Å². The van der Waals surface area contributed by atoms with E-state index in [0.29, 0.717) is 11.5 Å². The molecular weight excluding hydrogens is 350 g/mol. The van der Waals surface area contributed by atoms with Gasteiger partial charge in [0, 0.05) is 10.5 Å². The van der Waals surface area contributed by atoms with E-state index in [1.165, 1.54) is 5.56 Å². The van der Waals surface area contributed by atoms with Crippen molar-refractivity contribution >= 4 is 28.9 Å². The maximum atomic E-state index is 13.3. The maximum absolute atomic E-state index is 13.3. The molecule has 1 aliphatic heterocycles. The molecule has 0 saturated carbocycles. The zero-order chi connectivity index (χ0) is 18.8. The Morgan fingerprint density at radius 3 is 2.22 bits per heavy atom. The lowest BCUT2D eigenvalue weighted by Gasteiger charge is -2.25. The van der Waals surface area contributed by atoms with E-state index in [4.69, 9.17) is 0 Å². The Morgan fingerprint density at radius 2 is 1.56 bits per heavy atom. The molecular formula is C24H21NOS. The summed E-state index contributed by atoms with van der Waals surface area (Å²) < 4.78 is 0. The minimum atomic E-state index is 0.0487. The molecule has 3 aromatic rings. The zero-order valence-corrected chi connectivity index (χ0v) is 16.2. The van der Waals surface area contributed by atoms with E-state index in [0.717, 1.165) is 26.7 Å². The molecule has 27 heavy (non-hydrogen) atoms. The number of carbonyl (C=O) groups excluding carboxylic acids is 1.